The minimum atomic E-state index is -3.58. The van der Waals surface area contributed by atoms with Crippen LogP contribution in [0.5, 0.6) is 0 Å². The molecule has 2 rings (SSSR count). The lowest BCUT2D eigenvalue weighted by Gasteiger charge is -2.16. The Balaban J connectivity index is 0.00000220. The van der Waals surface area contributed by atoms with Crippen molar-refractivity contribution in [3.05, 3.63) is 24.3 Å². The average molecular weight is 355 g/mol. The number of hydrogen-bond donors (Lipinski definition) is 1. The lowest BCUT2D eigenvalue weighted by atomic mass is 10.3. The highest BCUT2D eigenvalue weighted by Gasteiger charge is 2.31. The van der Waals surface area contributed by atoms with E-state index in [4.69, 9.17) is 5.73 Å². The summed E-state index contributed by atoms with van der Waals surface area (Å²) in [5, 5.41) is 0. The first-order valence-electron chi connectivity index (χ1n) is 6.36. The van der Waals surface area contributed by atoms with Crippen molar-refractivity contribution >= 4 is 32.3 Å². The molecule has 6 nitrogen and oxygen atoms in total. The first-order valence-corrected chi connectivity index (χ1v) is 9.45. The number of sulfonamides is 1. The molecule has 1 aromatic rings. The van der Waals surface area contributed by atoms with Gasteiger partial charge >= 0.3 is 0 Å². The summed E-state index contributed by atoms with van der Waals surface area (Å²) < 4.78 is 49.4. The molecule has 1 aliphatic rings. The normalized spacial score (nSPS) is 20.2. The van der Waals surface area contributed by atoms with E-state index in [0.717, 1.165) is 0 Å². The summed E-state index contributed by atoms with van der Waals surface area (Å²) in [6.45, 7) is 2.25. The van der Waals surface area contributed by atoms with E-state index in [0.29, 0.717) is 19.5 Å². The van der Waals surface area contributed by atoms with Gasteiger partial charge in [-0.1, -0.05) is 6.92 Å². The van der Waals surface area contributed by atoms with Crippen molar-refractivity contribution in [3.63, 3.8) is 0 Å². The average Bonchev–Trinajstić information content (AvgIpc) is 2.86. The number of rotatable bonds is 4. The van der Waals surface area contributed by atoms with Crippen LogP contribution in [0.2, 0.25) is 0 Å². The minimum Gasteiger partial charge on any atom is -0.326 e. The van der Waals surface area contributed by atoms with Gasteiger partial charge < -0.3 is 5.73 Å². The second-order valence-corrected chi connectivity index (χ2v) is 9.00. The van der Waals surface area contributed by atoms with E-state index in [1.807, 2.05) is 0 Å². The van der Waals surface area contributed by atoms with Crippen LogP contribution in [0.4, 0.5) is 0 Å². The third kappa shape index (κ3) is 3.75. The quantitative estimate of drug-likeness (QED) is 0.854. The summed E-state index contributed by atoms with van der Waals surface area (Å²) in [4.78, 5) is 0.235. The van der Waals surface area contributed by atoms with Gasteiger partial charge in [-0.3, -0.25) is 0 Å². The van der Waals surface area contributed by atoms with Crippen LogP contribution in [0.25, 0.3) is 0 Å². The third-order valence-corrected chi connectivity index (χ3v) is 7.02. The van der Waals surface area contributed by atoms with Gasteiger partial charge in [-0.25, -0.2) is 16.8 Å². The second-order valence-electron chi connectivity index (χ2n) is 4.79. The Hall–Kier alpha value is -0.670. The van der Waals surface area contributed by atoms with E-state index >= 15 is 0 Å². The van der Waals surface area contributed by atoms with Crippen LogP contribution >= 0.6 is 12.4 Å². The fraction of sp³-hybridized carbons (Fsp3) is 0.500. The lowest BCUT2D eigenvalue weighted by Crippen LogP contribution is -2.31. The van der Waals surface area contributed by atoms with Gasteiger partial charge in [0.15, 0.2) is 9.84 Å². The van der Waals surface area contributed by atoms with Gasteiger partial charge in [0.05, 0.1) is 15.5 Å². The van der Waals surface area contributed by atoms with E-state index in [-0.39, 0.29) is 34.0 Å². The molecule has 1 heterocycles. The maximum absolute atomic E-state index is 12.3. The van der Waals surface area contributed by atoms with Gasteiger partial charge in [0.1, 0.15) is 0 Å². The maximum Gasteiger partial charge on any atom is 0.243 e. The van der Waals surface area contributed by atoms with Crippen molar-refractivity contribution in [1.29, 1.82) is 0 Å². The first kappa shape index (κ1) is 18.4. The smallest absolute Gasteiger partial charge is 0.243 e. The van der Waals surface area contributed by atoms with Crippen molar-refractivity contribution in [2.45, 2.75) is 29.2 Å². The maximum atomic E-state index is 12.3. The zero-order valence-corrected chi connectivity index (χ0v) is 14.0. The van der Waals surface area contributed by atoms with Crippen LogP contribution in [0, 0.1) is 0 Å². The molecule has 2 N–H and O–H groups in total. The summed E-state index contributed by atoms with van der Waals surface area (Å²) in [5.41, 5.74) is 5.71. The molecule has 21 heavy (non-hydrogen) atoms. The predicted molar refractivity (Wildman–Crippen MR) is 82.8 cm³/mol. The highest BCUT2D eigenvalue weighted by atomic mass is 35.5. The van der Waals surface area contributed by atoms with E-state index in [1.54, 1.807) is 6.92 Å². The van der Waals surface area contributed by atoms with Gasteiger partial charge in [-0.2, -0.15) is 4.31 Å². The van der Waals surface area contributed by atoms with Crippen LogP contribution in [0.15, 0.2) is 34.1 Å². The van der Waals surface area contributed by atoms with Gasteiger partial charge in [-0.05, 0) is 30.7 Å². The largest absolute Gasteiger partial charge is 0.326 e. The standard InChI is InChI=1S/C12H18N2O4S2.ClH/c1-2-19(15,16)11-3-5-12(6-4-11)20(17,18)14-8-7-10(13)9-14;/h3-6,10H,2,7-9,13H2,1H3;1H/t10-;/m0./s1. The summed E-state index contributed by atoms with van der Waals surface area (Å²) in [5.74, 6) is -0.0138. The number of nitrogens with zero attached hydrogens (tertiary/aromatic N) is 1. The van der Waals surface area contributed by atoms with Crippen LogP contribution < -0.4 is 5.73 Å². The van der Waals surface area contributed by atoms with E-state index in [1.165, 1.54) is 28.6 Å². The molecule has 0 radical (unpaired) electrons. The molecule has 0 unspecified atom stereocenters. The summed E-state index contributed by atoms with van der Waals surface area (Å²) in [6, 6.07) is 5.21. The molecule has 1 atom stereocenters. The molecule has 1 fully saturated rings. The molecule has 120 valence electrons. The highest BCUT2D eigenvalue weighted by molar-refractivity contribution is 7.91. The van der Waals surface area contributed by atoms with Crippen molar-refractivity contribution in [2.75, 3.05) is 18.8 Å². The fourth-order valence-corrected chi connectivity index (χ4v) is 4.50. The van der Waals surface area contributed by atoms with Gasteiger partial charge in [-0.15, -0.1) is 12.4 Å². The molecule has 1 saturated heterocycles. The fourth-order valence-electron chi connectivity index (χ4n) is 2.11. The van der Waals surface area contributed by atoms with Crippen molar-refractivity contribution in [2.24, 2.45) is 5.73 Å². The van der Waals surface area contributed by atoms with Crippen LogP contribution in [0.1, 0.15) is 13.3 Å². The van der Waals surface area contributed by atoms with E-state index in [9.17, 15) is 16.8 Å². The Morgan fingerprint density at radius 1 is 1.14 bits per heavy atom. The van der Waals surface area contributed by atoms with Crippen LogP contribution in [0.3, 0.4) is 0 Å². The monoisotopic (exact) mass is 354 g/mol. The molecule has 0 aliphatic carbocycles. The molecule has 0 spiro atoms. The SMILES string of the molecule is CCS(=O)(=O)c1ccc(S(=O)(=O)N2CC[C@H](N)C2)cc1.Cl. The number of nitrogens with two attached hydrogens (primary N) is 1. The topological polar surface area (TPSA) is 97.5 Å². The van der Waals surface area contributed by atoms with E-state index < -0.39 is 19.9 Å². The Morgan fingerprint density at radius 3 is 2.10 bits per heavy atom. The van der Waals surface area contributed by atoms with Crippen molar-refractivity contribution < 1.29 is 16.8 Å². The summed E-state index contributed by atoms with van der Waals surface area (Å²) in [7, 11) is -6.90. The number of sulfone groups is 1. The zero-order valence-electron chi connectivity index (χ0n) is 11.6. The third-order valence-electron chi connectivity index (χ3n) is 3.39. The number of halogens is 1. The summed E-state index contributed by atoms with van der Waals surface area (Å²) in [6.07, 6.45) is 0.640. The summed E-state index contributed by atoms with van der Waals surface area (Å²) >= 11 is 0. The first-order chi connectivity index (χ1) is 9.27. The number of hydrogen-bond acceptors (Lipinski definition) is 5. The van der Waals surface area contributed by atoms with Crippen LogP contribution in [-0.4, -0.2) is 46.0 Å². The molecule has 1 aliphatic heterocycles. The minimum absolute atomic E-state index is 0. The zero-order chi connectivity index (χ0) is 15.0. The molecule has 0 saturated carbocycles. The van der Waals surface area contributed by atoms with Crippen LogP contribution in [-0.2, 0) is 19.9 Å². The molecule has 0 amide bonds. The second kappa shape index (κ2) is 6.62. The van der Waals surface area contributed by atoms with Crippen molar-refractivity contribution in [3.8, 4) is 0 Å². The molecule has 0 aromatic heterocycles. The van der Waals surface area contributed by atoms with Crippen molar-refractivity contribution in [1.82, 2.24) is 4.31 Å². The van der Waals surface area contributed by atoms with E-state index in [2.05, 4.69) is 0 Å². The van der Waals surface area contributed by atoms with Gasteiger partial charge in [0.2, 0.25) is 10.0 Å². The lowest BCUT2D eigenvalue weighted by molar-refractivity contribution is 0.472. The Bertz CT molecular complexity index is 686. The molecule has 1 aromatic carbocycles. The number of benzene rings is 1. The predicted octanol–water partition coefficient (Wildman–Crippen LogP) is 0.624. The highest BCUT2D eigenvalue weighted by Crippen LogP contribution is 2.22. The molecule has 0 bridgehead atoms. The molecular weight excluding hydrogens is 336 g/mol. The Labute approximate surface area is 131 Å². The molecule has 9 heteroatoms. The Kier molecular flexibility index (Phi) is 5.79. The van der Waals surface area contributed by atoms with Gasteiger partial charge in [0.25, 0.3) is 0 Å². The molecular formula is C12H19ClN2O4S2. The van der Waals surface area contributed by atoms with Gasteiger partial charge in [0, 0.05) is 19.1 Å². The Morgan fingerprint density at radius 2 is 1.67 bits per heavy atom.